The highest BCUT2D eigenvalue weighted by Gasteiger charge is 2.46. The van der Waals surface area contributed by atoms with Gasteiger partial charge >= 0.3 is 6.09 Å². The third-order valence-corrected chi connectivity index (χ3v) is 3.97. The van der Waals surface area contributed by atoms with E-state index in [2.05, 4.69) is 0 Å². The molecule has 23 heavy (non-hydrogen) atoms. The highest BCUT2D eigenvalue weighted by atomic mass is 16.6. The van der Waals surface area contributed by atoms with Crippen molar-refractivity contribution in [3.8, 4) is 0 Å². The van der Waals surface area contributed by atoms with Crippen molar-refractivity contribution in [3.05, 3.63) is 35.9 Å². The van der Waals surface area contributed by atoms with Gasteiger partial charge in [0, 0.05) is 6.54 Å². The quantitative estimate of drug-likeness (QED) is 0.926. The molecular weight excluding hydrogens is 294 g/mol. The van der Waals surface area contributed by atoms with E-state index in [-0.39, 0.29) is 6.61 Å². The summed E-state index contributed by atoms with van der Waals surface area (Å²) < 4.78 is 11.2. The van der Waals surface area contributed by atoms with Crippen LogP contribution in [-0.4, -0.2) is 46.5 Å². The average Bonchev–Trinajstić information content (AvgIpc) is 2.74. The molecule has 0 spiro atoms. The van der Waals surface area contributed by atoms with Crippen LogP contribution in [0.25, 0.3) is 0 Å². The van der Waals surface area contributed by atoms with E-state index in [1.165, 1.54) is 0 Å². The number of hydrogen-bond donors (Lipinski definition) is 1. The van der Waals surface area contributed by atoms with Gasteiger partial charge in [0.1, 0.15) is 5.60 Å². The molecule has 1 amide bonds. The fourth-order valence-corrected chi connectivity index (χ4v) is 2.68. The highest BCUT2D eigenvalue weighted by molar-refractivity contribution is 5.69. The van der Waals surface area contributed by atoms with Gasteiger partial charge in [-0.1, -0.05) is 30.3 Å². The Bertz CT molecular complexity index is 522. The molecule has 1 aromatic rings. The number of nitrogens with zero attached hydrogens (tertiary/aromatic N) is 1. The molecule has 5 nitrogen and oxygen atoms in total. The van der Waals surface area contributed by atoms with Crippen LogP contribution in [0.15, 0.2) is 30.3 Å². The first kappa shape index (κ1) is 17.8. The van der Waals surface area contributed by atoms with Gasteiger partial charge in [-0.15, -0.1) is 0 Å². The average molecular weight is 321 g/mol. The minimum Gasteiger partial charge on any atom is -0.444 e. The fraction of sp³-hybridized carbons (Fsp3) is 0.611. The highest BCUT2D eigenvalue weighted by Crippen LogP contribution is 2.30. The third-order valence-electron chi connectivity index (χ3n) is 3.97. The molecule has 0 aromatic heterocycles. The third kappa shape index (κ3) is 4.94. The van der Waals surface area contributed by atoms with Crippen LogP contribution >= 0.6 is 0 Å². The number of likely N-dealkylation sites (tertiary alicyclic amines) is 1. The van der Waals surface area contributed by atoms with E-state index in [9.17, 15) is 9.90 Å². The first-order valence-corrected chi connectivity index (χ1v) is 8.03. The lowest BCUT2D eigenvalue weighted by Crippen LogP contribution is -2.49. The lowest BCUT2D eigenvalue weighted by atomic mass is 9.98. The van der Waals surface area contributed by atoms with Crippen molar-refractivity contribution < 1.29 is 19.4 Å². The molecular formula is C18H27NO4. The number of amides is 1. The second-order valence-corrected chi connectivity index (χ2v) is 7.30. The van der Waals surface area contributed by atoms with Crippen molar-refractivity contribution in [1.82, 2.24) is 4.90 Å². The number of aliphatic hydroxyl groups is 1. The molecule has 1 fully saturated rings. The molecule has 128 valence electrons. The molecule has 2 rings (SSSR count). The second kappa shape index (κ2) is 6.89. The summed E-state index contributed by atoms with van der Waals surface area (Å²) in [6, 6.07) is 9.43. The molecule has 1 aliphatic heterocycles. The monoisotopic (exact) mass is 321 g/mol. The maximum absolute atomic E-state index is 12.3. The summed E-state index contributed by atoms with van der Waals surface area (Å²) >= 11 is 0. The maximum atomic E-state index is 12.3. The van der Waals surface area contributed by atoms with Crippen molar-refractivity contribution >= 4 is 6.09 Å². The lowest BCUT2D eigenvalue weighted by molar-refractivity contribution is -0.0389. The van der Waals surface area contributed by atoms with Crippen LogP contribution in [0.4, 0.5) is 4.79 Å². The van der Waals surface area contributed by atoms with Gasteiger partial charge in [-0.3, -0.25) is 4.90 Å². The Kier molecular flexibility index (Phi) is 5.32. The van der Waals surface area contributed by atoms with Crippen molar-refractivity contribution in [2.75, 3.05) is 13.2 Å². The van der Waals surface area contributed by atoms with Crippen LogP contribution in [0, 0.1) is 0 Å². The molecule has 1 aromatic carbocycles. The van der Waals surface area contributed by atoms with Crippen LogP contribution < -0.4 is 0 Å². The van der Waals surface area contributed by atoms with Gasteiger partial charge in [0.05, 0.1) is 24.9 Å². The van der Waals surface area contributed by atoms with E-state index < -0.39 is 23.3 Å². The minimum absolute atomic E-state index is 0.279. The standard InChI is InChI=1S/C18H27NO4/c1-17(2,3)23-16(20)19-11-10-18(4,21)15(19)13-22-12-14-8-6-5-7-9-14/h5-9,15,21H,10-13H2,1-4H3. The van der Waals surface area contributed by atoms with E-state index >= 15 is 0 Å². The number of hydrogen-bond acceptors (Lipinski definition) is 4. The van der Waals surface area contributed by atoms with Crippen molar-refractivity contribution in [2.45, 2.75) is 58.0 Å². The predicted molar refractivity (Wildman–Crippen MR) is 88.1 cm³/mol. The lowest BCUT2D eigenvalue weighted by Gasteiger charge is -2.32. The summed E-state index contributed by atoms with van der Waals surface area (Å²) in [4.78, 5) is 13.9. The molecule has 2 atom stereocenters. The summed E-state index contributed by atoms with van der Waals surface area (Å²) in [5.74, 6) is 0. The van der Waals surface area contributed by atoms with Gasteiger partial charge in [-0.25, -0.2) is 4.79 Å². The molecule has 0 bridgehead atoms. The molecule has 0 radical (unpaired) electrons. The van der Waals surface area contributed by atoms with Crippen LogP contribution in [0.3, 0.4) is 0 Å². The summed E-state index contributed by atoms with van der Waals surface area (Å²) in [6.07, 6.45) is 0.120. The molecule has 1 N–H and O–H groups in total. The zero-order valence-electron chi connectivity index (χ0n) is 14.4. The molecule has 1 aliphatic rings. The van der Waals surface area contributed by atoms with E-state index in [1.807, 2.05) is 51.1 Å². The van der Waals surface area contributed by atoms with Crippen LogP contribution in [0.1, 0.15) is 39.7 Å². The summed E-state index contributed by atoms with van der Waals surface area (Å²) in [6.45, 7) is 8.45. The normalized spacial score (nSPS) is 24.7. The van der Waals surface area contributed by atoms with Crippen LogP contribution in [-0.2, 0) is 16.1 Å². The first-order valence-electron chi connectivity index (χ1n) is 8.03. The van der Waals surface area contributed by atoms with E-state index in [4.69, 9.17) is 9.47 Å². The molecule has 2 unspecified atom stereocenters. The Morgan fingerprint density at radius 3 is 2.61 bits per heavy atom. The largest absolute Gasteiger partial charge is 0.444 e. The number of carbonyl (C=O) groups is 1. The fourth-order valence-electron chi connectivity index (χ4n) is 2.68. The molecule has 1 saturated heterocycles. The smallest absolute Gasteiger partial charge is 0.410 e. The van der Waals surface area contributed by atoms with Crippen LogP contribution in [0.2, 0.25) is 0 Å². The number of ether oxygens (including phenoxy) is 2. The zero-order valence-corrected chi connectivity index (χ0v) is 14.4. The number of rotatable bonds is 4. The zero-order chi connectivity index (χ0) is 17.1. The Hall–Kier alpha value is -1.59. The Morgan fingerprint density at radius 1 is 1.35 bits per heavy atom. The summed E-state index contributed by atoms with van der Waals surface area (Å²) in [5, 5.41) is 10.5. The first-order chi connectivity index (χ1) is 10.7. The second-order valence-electron chi connectivity index (χ2n) is 7.30. The van der Waals surface area contributed by atoms with Gasteiger partial charge in [0.25, 0.3) is 0 Å². The number of benzene rings is 1. The number of carbonyl (C=O) groups excluding carboxylic acids is 1. The van der Waals surface area contributed by atoms with Gasteiger partial charge < -0.3 is 14.6 Å². The van der Waals surface area contributed by atoms with Gasteiger partial charge in [0.2, 0.25) is 0 Å². The SMILES string of the molecule is CC(C)(C)OC(=O)N1CCC(C)(O)C1COCc1ccccc1. The molecule has 1 heterocycles. The van der Waals surface area contributed by atoms with Gasteiger partial charge in [0.15, 0.2) is 0 Å². The molecule has 0 aliphatic carbocycles. The Labute approximate surface area is 138 Å². The minimum atomic E-state index is -0.965. The van der Waals surface area contributed by atoms with Gasteiger partial charge in [-0.05, 0) is 39.7 Å². The van der Waals surface area contributed by atoms with E-state index in [0.29, 0.717) is 19.6 Å². The van der Waals surface area contributed by atoms with E-state index in [1.54, 1.807) is 11.8 Å². The topological polar surface area (TPSA) is 59.0 Å². The molecule has 5 heteroatoms. The van der Waals surface area contributed by atoms with Crippen molar-refractivity contribution in [1.29, 1.82) is 0 Å². The van der Waals surface area contributed by atoms with Crippen molar-refractivity contribution in [3.63, 3.8) is 0 Å². The van der Waals surface area contributed by atoms with Crippen LogP contribution in [0.5, 0.6) is 0 Å². The Balaban J connectivity index is 1.96. The maximum Gasteiger partial charge on any atom is 0.410 e. The molecule has 0 saturated carbocycles. The summed E-state index contributed by atoms with van der Waals surface area (Å²) in [5.41, 5.74) is -0.455. The predicted octanol–water partition coefficient (Wildman–Crippen LogP) is 2.96. The summed E-state index contributed by atoms with van der Waals surface area (Å²) in [7, 11) is 0. The van der Waals surface area contributed by atoms with Crippen molar-refractivity contribution in [2.24, 2.45) is 0 Å². The van der Waals surface area contributed by atoms with Gasteiger partial charge in [-0.2, -0.15) is 0 Å². The van der Waals surface area contributed by atoms with E-state index in [0.717, 1.165) is 5.56 Å². The Morgan fingerprint density at radius 2 is 2.00 bits per heavy atom.